The molecule has 0 spiro atoms. The molecule has 3 rings (SSSR count). The molecule has 2 aromatic rings. The van der Waals surface area contributed by atoms with E-state index < -0.39 is 0 Å². The second kappa shape index (κ2) is 9.52. The van der Waals surface area contributed by atoms with E-state index in [1.165, 1.54) is 47.9 Å². The van der Waals surface area contributed by atoms with E-state index in [9.17, 15) is 4.79 Å². The molecular weight excluding hydrogens is 342 g/mol. The van der Waals surface area contributed by atoms with Crippen LogP contribution in [0.1, 0.15) is 61.3 Å². The molecule has 1 heterocycles. The standard InChI is InChI=1S/C26H36NO/c1-4-25(26(28)19-24-21(2)13-12-14-22(24)3)27(17-10-5-6-11-18-27)20-23-15-8-7-9-16-23/h7-9,12-16,25H,4-6,10-11,17-20H2,1-3H3/q+1. The quantitative estimate of drug-likeness (QED) is 0.558. The normalized spacial score (nSPS) is 17.7. The first-order chi connectivity index (χ1) is 13.6. The first-order valence-electron chi connectivity index (χ1n) is 11.0. The number of carbonyl (C=O) groups excluding carboxylic acids is 1. The van der Waals surface area contributed by atoms with Crippen molar-refractivity contribution in [1.82, 2.24) is 0 Å². The summed E-state index contributed by atoms with van der Waals surface area (Å²) < 4.78 is 0.949. The van der Waals surface area contributed by atoms with E-state index in [0.717, 1.165) is 30.5 Å². The number of Topliss-reactive ketones (excluding diaryl/α,β-unsaturated/α-hetero) is 1. The van der Waals surface area contributed by atoms with Gasteiger partial charge in [-0.3, -0.25) is 4.79 Å². The minimum Gasteiger partial charge on any atom is -0.311 e. The molecule has 1 unspecified atom stereocenters. The molecule has 1 aliphatic heterocycles. The summed E-state index contributed by atoms with van der Waals surface area (Å²) in [6.45, 7) is 9.73. The predicted octanol–water partition coefficient (Wildman–Crippen LogP) is 5.78. The summed E-state index contributed by atoms with van der Waals surface area (Å²) in [7, 11) is 0. The zero-order chi connectivity index (χ0) is 20.0. The molecule has 0 aromatic heterocycles. The minimum atomic E-state index is 0.0947. The maximum Gasteiger partial charge on any atom is 0.194 e. The Balaban J connectivity index is 1.90. The highest BCUT2D eigenvalue weighted by Crippen LogP contribution is 2.29. The van der Waals surface area contributed by atoms with Crippen LogP contribution in [0.4, 0.5) is 0 Å². The van der Waals surface area contributed by atoms with Gasteiger partial charge in [-0.25, -0.2) is 0 Å². The predicted molar refractivity (Wildman–Crippen MR) is 117 cm³/mol. The third kappa shape index (κ3) is 4.72. The Kier molecular flexibility index (Phi) is 7.07. The Morgan fingerprint density at radius 3 is 2.07 bits per heavy atom. The number of hydrogen-bond acceptors (Lipinski definition) is 1. The van der Waals surface area contributed by atoms with Crippen molar-refractivity contribution >= 4 is 5.78 Å². The van der Waals surface area contributed by atoms with E-state index in [1.807, 2.05) is 0 Å². The number of benzene rings is 2. The molecule has 1 atom stereocenters. The van der Waals surface area contributed by atoms with Crippen molar-refractivity contribution in [2.75, 3.05) is 13.1 Å². The van der Waals surface area contributed by atoms with Gasteiger partial charge in [-0.1, -0.05) is 55.5 Å². The van der Waals surface area contributed by atoms with E-state index in [4.69, 9.17) is 0 Å². The van der Waals surface area contributed by atoms with Gasteiger partial charge >= 0.3 is 0 Å². The molecule has 0 radical (unpaired) electrons. The number of quaternary nitrogens is 1. The largest absolute Gasteiger partial charge is 0.311 e. The minimum absolute atomic E-state index is 0.0947. The van der Waals surface area contributed by atoms with Crippen LogP contribution in [0.25, 0.3) is 0 Å². The highest BCUT2D eigenvalue weighted by molar-refractivity contribution is 5.85. The van der Waals surface area contributed by atoms with Gasteiger partial charge < -0.3 is 4.48 Å². The summed E-state index contributed by atoms with van der Waals surface area (Å²) in [6.07, 6.45) is 6.58. The molecule has 28 heavy (non-hydrogen) atoms. The molecule has 2 heteroatoms. The van der Waals surface area contributed by atoms with E-state index in [2.05, 4.69) is 69.3 Å². The molecule has 0 N–H and O–H groups in total. The summed E-state index contributed by atoms with van der Waals surface area (Å²) in [6, 6.07) is 17.3. The highest BCUT2D eigenvalue weighted by atomic mass is 16.1. The zero-order valence-corrected chi connectivity index (χ0v) is 17.9. The summed E-state index contributed by atoms with van der Waals surface area (Å²) in [5, 5.41) is 0. The lowest BCUT2D eigenvalue weighted by molar-refractivity contribution is -0.954. The fourth-order valence-electron chi connectivity index (χ4n) is 5.19. The number of likely N-dealkylation sites (tertiary alicyclic amines) is 1. The van der Waals surface area contributed by atoms with Gasteiger partial charge in [0.05, 0.1) is 13.1 Å². The first-order valence-corrected chi connectivity index (χ1v) is 11.0. The maximum atomic E-state index is 13.6. The summed E-state index contributed by atoms with van der Waals surface area (Å²) in [4.78, 5) is 13.6. The van der Waals surface area contributed by atoms with Crippen LogP contribution in [0.3, 0.4) is 0 Å². The van der Waals surface area contributed by atoms with Crippen molar-refractivity contribution in [2.45, 2.75) is 71.9 Å². The molecule has 0 amide bonds. The molecule has 1 fully saturated rings. The summed E-state index contributed by atoms with van der Waals surface area (Å²) >= 11 is 0. The van der Waals surface area contributed by atoms with Crippen LogP contribution in [-0.2, 0) is 17.8 Å². The van der Waals surface area contributed by atoms with Gasteiger partial charge in [0.15, 0.2) is 5.78 Å². The van der Waals surface area contributed by atoms with Crippen LogP contribution in [0.5, 0.6) is 0 Å². The van der Waals surface area contributed by atoms with Crippen molar-refractivity contribution < 1.29 is 9.28 Å². The molecular formula is C26H36NO+. The van der Waals surface area contributed by atoms with Crippen LogP contribution in [0.2, 0.25) is 0 Å². The van der Waals surface area contributed by atoms with Gasteiger partial charge in [0, 0.05) is 18.4 Å². The maximum absolute atomic E-state index is 13.6. The van der Waals surface area contributed by atoms with Crippen molar-refractivity contribution in [3.05, 3.63) is 70.8 Å². The second-order valence-electron chi connectivity index (χ2n) is 8.66. The Morgan fingerprint density at radius 2 is 1.50 bits per heavy atom. The molecule has 0 bridgehead atoms. The SMILES string of the molecule is CCC(C(=O)Cc1c(C)cccc1C)[N+]1(Cc2ccccc2)CCCCCC1. The third-order valence-corrected chi connectivity index (χ3v) is 6.71. The van der Waals surface area contributed by atoms with Gasteiger partial charge in [0.1, 0.15) is 12.6 Å². The van der Waals surface area contributed by atoms with Gasteiger partial charge in [-0.05, 0) is 56.2 Å². The summed E-state index contributed by atoms with van der Waals surface area (Å²) in [5.74, 6) is 0.428. The molecule has 1 saturated heterocycles. The van der Waals surface area contributed by atoms with Gasteiger partial charge in [-0.15, -0.1) is 0 Å². The second-order valence-corrected chi connectivity index (χ2v) is 8.66. The smallest absolute Gasteiger partial charge is 0.194 e. The molecule has 1 aliphatic rings. The van der Waals surface area contributed by atoms with E-state index in [0.29, 0.717) is 12.2 Å². The molecule has 150 valence electrons. The van der Waals surface area contributed by atoms with Crippen LogP contribution in [0.15, 0.2) is 48.5 Å². The van der Waals surface area contributed by atoms with Gasteiger partial charge in [0.25, 0.3) is 0 Å². The van der Waals surface area contributed by atoms with E-state index in [1.54, 1.807) is 0 Å². The molecule has 2 aromatic carbocycles. The van der Waals surface area contributed by atoms with Crippen LogP contribution >= 0.6 is 0 Å². The van der Waals surface area contributed by atoms with E-state index in [-0.39, 0.29) is 6.04 Å². The number of nitrogens with zero attached hydrogens (tertiary/aromatic N) is 1. The highest BCUT2D eigenvalue weighted by Gasteiger charge is 2.40. The number of rotatable bonds is 7. The number of hydrogen-bond donors (Lipinski definition) is 0. The van der Waals surface area contributed by atoms with Crippen molar-refractivity contribution in [1.29, 1.82) is 0 Å². The first kappa shape index (κ1) is 20.8. The topological polar surface area (TPSA) is 17.1 Å². The zero-order valence-electron chi connectivity index (χ0n) is 17.9. The van der Waals surface area contributed by atoms with Gasteiger partial charge in [-0.2, -0.15) is 0 Å². The fraction of sp³-hybridized carbons (Fsp3) is 0.500. The molecule has 0 aliphatic carbocycles. The van der Waals surface area contributed by atoms with Crippen LogP contribution in [-0.4, -0.2) is 29.4 Å². The van der Waals surface area contributed by atoms with Crippen LogP contribution < -0.4 is 0 Å². The summed E-state index contributed by atoms with van der Waals surface area (Å²) in [5.41, 5.74) is 5.09. The van der Waals surface area contributed by atoms with Crippen LogP contribution in [0, 0.1) is 13.8 Å². The number of aryl methyl sites for hydroxylation is 2. The number of carbonyl (C=O) groups is 1. The lowest BCUT2D eigenvalue weighted by Gasteiger charge is -2.44. The Hall–Kier alpha value is -1.93. The van der Waals surface area contributed by atoms with E-state index >= 15 is 0 Å². The Morgan fingerprint density at radius 1 is 0.893 bits per heavy atom. The number of ketones is 1. The lowest BCUT2D eigenvalue weighted by Crippen LogP contribution is -2.58. The average molecular weight is 379 g/mol. The lowest BCUT2D eigenvalue weighted by atomic mass is 9.92. The van der Waals surface area contributed by atoms with Crippen molar-refractivity contribution in [3.8, 4) is 0 Å². The average Bonchev–Trinajstić information content (AvgIpc) is 2.92. The molecule has 2 nitrogen and oxygen atoms in total. The third-order valence-electron chi connectivity index (χ3n) is 6.71. The van der Waals surface area contributed by atoms with Gasteiger partial charge in [0.2, 0.25) is 0 Å². The van der Waals surface area contributed by atoms with Crippen molar-refractivity contribution in [2.24, 2.45) is 0 Å². The monoisotopic (exact) mass is 378 g/mol. The Labute approximate surface area is 171 Å². The Bertz CT molecular complexity index is 752. The van der Waals surface area contributed by atoms with Crippen molar-refractivity contribution in [3.63, 3.8) is 0 Å². The molecule has 0 saturated carbocycles. The fourth-order valence-corrected chi connectivity index (χ4v) is 5.19.